The van der Waals surface area contributed by atoms with E-state index in [0.717, 1.165) is 29.2 Å². The van der Waals surface area contributed by atoms with Gasteiger partial charge >= 0.3 is 0 Å². The van der Waals surface area contributed by atoms with Crippen LogP contribution in [0.3, 0.4) is 0 Å². The molecule has 3 aromatic rings. The Bertz CT molecular complexity index is 839. The molecule has 3 rings (SSSR count). The summed E-state index contributed by atoms with van der Waals surface area (Å²) in [6.07, 6.45) is 2.47. The van der Waals surface area contributed by atoms with E-state index in [1.54, 1.807) is 18.3 Å². The zero-order valence-electron chi connectivity index (χ0n) is 14.6. The van der Waals surface area contributed by atoms with Crippen molar-refractivity contribution in [2.24, 2.45) is 0 Å². The number of benzene rings is 2. The van der Waals surface area contributed by atoms with Crippen molar-refractivity contribution in [1.29, 1.82) is 0 Å². The SMILES string of the molecule is CCOc1ccccc1Nc1nccc(NCCc2ccc(F)cc2)n1. The molecule has 6 heteroatoms. The maximum Gasteiger partial charge on any atom is 0.229 e. The molecule has 0 fully saturated rings. The molecule has 1 aromatic heterocycles. The van der Waals surface area contributed by atoms with Crippen molar-refractivity contribution in [2.75, 3.05) is 23.8 Å². The molecule has 0 unspecified atom stereocenters. The maximum atomic E-state index is 12.9. The van der Waals surface area contributed by atoms with Gasteiger partial charge in [0.15, 0.2) is 0 Å². The van der Waals surface area contributed by atoms with Gasteiger partial charge in [-0.15, -0.1) is 0 Å². The summed E-state index contributed by atoms with van der Waals surface area (Å²) in [5, 5.41) is 6.44. The van der Waals surface area contributed by atoms with Crippen molar-refractivity contribution in [3.05, 3.63) is 72.2 Å². The van der Waals surface area contributed by atoms with Crippen molar-refractivity contribution < 1.29 is 9.13 Å². The van der Waals surface area contributed by atoms with Crippen molar-refractivity contribution in [1.82, 2.24) is 9.97 Å². The lowest BCUT2D eigenvalue weighted by Gasteiger charge is -2.12. The minimum absolute atomic E-state index is 0.222. The first-order valence-corrected chi connectivity index (χ1v) is 8.55. The van der Waals surface area contributed by atoms with Gasteiger partial charge in [0, 0.05) is 12.7 Å². The molecule has 2 aromatic carbocycles. The second-order valence-electron chi connectivity index (χ2n) is 5.62. The van der Waals surface area contributed by atoms with Crippen LogP contribution in [0.1, 0.15) is 12.5 Å². The largest absolute Gasteiger partial charge is 0.492 e. The first kappa shape index (κ1) is 17.7. The molecule has 134 valence electrons. The van der Waals surface area contributed by atoms with Gasteiger partial charge in [-0.1, -0.05) is 24.3 Å². The second-order valence-corrected chi connectivity index (χ2v) is 5.62. The number of rotatable bonds is 8. The van der Waals surface area contributed by atoms with Crippen molar-refractivity contribution in [3.8, 4) is 5.75 Å². The molecule has 0 atom stereocenters. The second kappa shape index (κ2) is 8.80. The molecule has 0 amide bonds. The molecule has 0 saturated carbocycles. The van der Waals surface area contributed by atoms with Crippen molar-refractivity contribution in [3.63, 3.8) is 0 Å². The molecular weight excluding hydrogens is 331 g/mol. The normalized spacial score (nSPS) is 10.4. The molecule has 0 spiro atoms. The topological polar surface area (TPSA) is 59.1 Å². The number of halogens is 1. The molecule has 0 radical (unpaired) electrons. The molecule has 2 N–H and O–H groups in total. The quantitative estimate of drug-likeness (QED) is 0.629. The molecule has 0 saturated heterocycles. The summed E-state index contributed by atoms with van der Waals surface area (Å²) in [6, 6.07) is 16.0. The number of ether oxygens (including phenoxy) is 1. The number of hydrogen-bond acceptors (Lipinski definition) is 5. The standard InChI is InChI=1S/C20H21FN4O/c1-2-26-18-6-4-3-5-17(18)24-20-23-14-12-19(25-20)22-13-11-15-7-9-16(21)10-8-15/h3-10,12,14H,2,11,13H2,1H3,(H2,22,23,24,25). The minimum Gasteiger partial charge on any atom is -0.492 e. The zero-order valence-corrected chi connectivity index (χ0v) is 14.6. The van der Waals surface area contributed by atoms with Crippen LogP contribution < -0.4 is 15.4 Å². The van der Waals surface area contributed by atoms with Crippen LogP contribution >= 0.6 is 0 Å². The van der Waals surface area contributed by atoms with Crippen LogP contribution in [0.4, 0.5) is 21.8 Å². The summed E-state index contributed by atoms with van der Waals surface area (Å²) in [6.45, 7) is 3.22. The van der Waals surface area contributed by atoms with E-state index in [4.69, 9.17) is 4.74 Å². The summed E-state index contributed by atoms with van der Waals surface area (Å²) in [7, 11) is 0. The highest BCUT2D eigenvalue weighted by Gasteiger charge is 2.05. The van der Waals surface area contributed by atoms with Crippen LogP contribution in [-0.4, -0.2) is 23.1 Å². The zero-order chi connectivity index (χ0) is 18.2. The van der Waals surface area contributed by atoms with Gasteiger partial charge in [0.05, 0.1) is 12.3 Å². The van der Waals surface area contributed by atoms with Gasteiger partial charge in [0.25, 0.3) is 0 Å². The average molecular weight is 352 g/mol. The van der Waals surface area contributed by atoms with Crippen LogP contribution in [0, 0.1) is 5.82 Å². The number of nitrogens with zero attached hydrogens (tertiary/aromatic N) is 2. The average Bonchev–Trinajstić information content (AvgIpc) is 2.66. The fourth-order valence-corrected chi connectivity index (χ4v) is 2.48. The predicted molar refractivity (Wildman–Crippen MR) is 102 cm³/mol. The van der Waals surface area contributed by atoms with E-state index in [9.17, 15) is 4.39 Å². The van der Waals surface area contributed by atoms with Crippen molar-refractivity contribution in [2.45, 2.75) is 13.3 Å². The number of hydrogen-bond donors (Lipinski definition) is 2. The maximum absolute atomic E-state index is 12.9. The lowest BCUT2D eigenvalue weighted by molar-refractivity contribution is 0.342. The third kappa shape index (κ3) is 4.92. The summed E-state index contributed by atoms with van der Waals surface area (Å²) >= 11 is 0. The van der Waals surface area contributed by atoms with E-state index in [1.165, 1.54) is 12.1 Å². The van der Waals surface area contributed by atoms with Crippen LogP contribution in [-0.2, 0) is 6.42 Å². The van der Waals surface area contributed by atoms with Crippen LogP contribution in [0.25, 0.3) is 0 Å². The van der Waals surface area contributed by atoms with Crippen LogP contribution in [0.15, 0.2) is 60.8 Å². The fraction of sp³-hybridized carbons (Fsp3) is 0.200. The molecular formula is C20H21FN4O. The highest BCUT2D eigenvalue weighted by atomic mass is 19.1. The number of aromatic nitrogens is 2. The van der Waals surface area contributed by atoms with E-state index >= 15 is 0 Å². The molecule has 5 nitrogen and oxygen atoms in total. The highest BCUT2D eigenvalue weighted by molar-refractivity contribution is 5.62. The summed E-state index contributed by atoms with van der Waals surface area (Å²) in [4.78, 5) is 8.72. The van der Waals surface area contributed by atoms with Crippen LogP contribution in [0.5, 0.6) is 5.75 Å². The third-order valence-electron chi connectivity index (χ3n) is 3.72. The summed E-state index contributed by atoms with van der Waals surface area (Å²) < 4.78 is 18.5. The molecule has 1 heterocycles. The van der Waals surface area contributed by atoms with Crippen molar-refractivity contribution >= 4 is 17.5 Å². The predicted octanol–water partition coefficient (Wildman–Crippen LogP) is 4.41. The Balaban J connectivity index is 1.60. The molecule has 0 aliphatic rings. The lowest BCUT2D eigenvalue weighted by atomic mass is 10.1. The van der Waals surface area contributed by atoms with Gasteiger partial charge in [-0.05, 0) is 49.2 Å². The Labute approximate surface area is 152 Å². The Hall–Kier alpha value is -3.15. The number of nitrogens with one attached hydrogen (secondary N) is 2. The van der Waals surface area contributed by atoms with E-state index in [-0.39, 0.29) is 5.82 Å². The molecule has 0 aliphatic heterocycles. The monoisotopic (exact) mass is 352 g/mol. The highest BCUT2D eigenvalue weighted by Crippen LogP contribution is 2.26. The summed E-state index contributed by atoms with van der Waals surface area (Å²) in [5.74, 6) is 1.75. The van der Waals surface area contributed by atoms with Crippen LogP contribution in [0.2, 0.25) is 0 Å². The Morgan fingerprint density at radius 3 is 2.65 bits per heavy atom. The molecule has 0 bridgehead atoms. The lowest BCUT2D eigenvalue weighted by Crippen LogP contribution is -2.08. The fourth-order valence-electron chi connectivity index (χ4n) is 2.48. The van der Waals surface area contributed by atoms with E-state index < -0.39 is 0 Å². The van der Waals surface area contributed by atoms with Gasteiger partial charge in [0.2, 0.25) is 5.95 Å². The van der Waals surface area contributed by atoms with E-state index in [0.29, 0.717) is 19.1 Å². The summed E-state index contributed by atoms with van der Waals surface area (Å²) in [5.41, 5.74) is 1.88. The van der Waals surface area contributed by atoms with Gasteiger partial charge in [-0.3, -0.25) is 0 Å². The first-order chi connectivity index (χ1) is 12.7. The Morgan fingerprint density at radius 2 is 1.85 bits per heavy atom. The number of para-hydroxylation sites is 2. The smallest absolute Gasteiger partial charge is 0.229 e. The van der Waals surface area contributed by atoms with Gasteiger partial charge in [-0.2, -0.15) is 4.98 Å². The van der Waals surface area contributed by atoms with Gasteiger partial charge in [-0.25, -0.2) is 9.37 Å². The van der Waals surface area contributed by atoms with E-state index in [2.05, 4.69) is 20.6 Å². The Kier molecular flexibility index (Phi) is 5.98. The van der Waals surface area contributed by atoms with Gasteiger partial charge in [0.1, 0.15) is 17.4 Å². The molecule has 26 heavy (non-hydrogen) atoms. The Morgan fingerprint density at radius 1 is 1.04 bits per heavy atom. The van der Waals surface area contributed by atoms with E-state index in [1.807, 2.05) is 37.3 Å². The number of anilines is 3. The van der Waals surface area contributed by atoms with Gasteiger partial charge < -0.3 is 15.4 Å². The minimum atomic E-state index is -0.222. The first-order valence-electron chi connectivity index (χ1n) is 8.55. The third-order valence-corrected chi connectivity index (χ3v) is 3.72. The molecule has 0 aliphatic carbocycles.